The van der Waals surface area contributed by atoms with Crippen molar-refractivity contribution < 1.29 is 37.0 Å². The number of hydrogen-bond donors (Lipinski definition) is 2. The maximum Gasteiger partial charge on any atom is 0.387 e. The number of anilines is 1. The van der Waals surface area contributed by atoms with Gasteiger partial charge in [0.05, 0.1) is 7.11 Å². The van der Waals surface area contributed by atoms with Crippen LogP contribution in [0.4, 0.5) is 18.9 Å². The van der Waals surface area contributed by atoms with E-state index in [0.717, 1.165) is 0 Å². The number of hydrogen-bond acceptors (Lipinski definition) is 5. The minimum Gasteiger partial charge on any atom is -0.493 e. The smallest absolute Gasteiger partial charge is 0.387 e. The Hall–Kier alpha value is -4.21. The highest BCUT2D eigenvalue weighted by Gasteiger charge is 2.14. The summed E-state index contributed by atoms with van der Waals surface area (Å²) < 4.78 is 53.2. The molecule has 0 spiro atoms. The number of carbonyl (C=O) groups excluding carboxylic acids is 2. The molecular weight excluding hydrogens is 453 g/mol. The van der Waals surface area contributed by atoms with E-state index in [1.54, 1.807) is 18.2 Å². The van der Waals surface area contributed by atoms with Crippen LogP contribution < -0.4 is 24.8 Å². The highest BCUT2D eigenvalue weighted by molar-refractivity contribution is 5.95. The van der Waals surface area contributed by atoms with Gasteiger partial charge in [0.15, 0.2) is 18.1 Å². The van der Waals surface area contributed by atoms with Gasteiger partial charge in [0, 0.05) is 23.4 Å². The quantitative estimate of drug-likeness (QED) is 0.456. The molecular formula is C24H21F3N2O5. The van der Waals surface area contributed by atoms with Gasteiger partial charge in [-0.05, 0) is 48.5 Å². The average Bonchev–Trinajstić information content (AvgIpc) is 2.83. The summed E-state index contributed by atoms with van der Waals surface area (Å²) >= 11 is 0. The lowest BCUT2D eigenvalue weighted by Gasteiger charge is -2.13. The van der Waals surface area contributed by atoms with Crippen LogP contribution in [0.25, 0.3) is 0 Å². The maximum absolute atomic E-state index is 13.0. The van der Waals surface area contributed by atoms with Gasteiger partial charge in [0.2, 0.25) is 0 Å². The number of para-hydroxylation sites is 1. The third kappa shape index (κ3) is 6.89. The van der Waals surface area contributed by atoms with Crippen molar-refractivity contribution in [3.8, 4) is 17.2 Å². The molecule has 0 atom stereocenters. The number of amides is 2. The first-order valence-corrected chi connectivity index (χ1v) is 10.0. The van der Waals surface area contributed by atoms with Crippen LogP contribution in [-0.2, 0) is 11.3 Å². The predicted octanol–water partition coefficient (Wildman–Crippen LogP) is 4.38. The van der Waals surface area contributed by atoms with E-state index >= 15 is 0 Å². The fourth-order valence-electron chi connectivity index (χ4n) is 2.94. The molecule has 178 valence electrons. The van der Waals surface area contributed by atoms with E-state index < -0.39 is 24.2 Å². The Morgan fingerprint density at radius 1 is 0.941 bits per heavy atom. The van der Waals surface area contributed by atoms with Crippen LogP contribution in [0.15, 0.2) is 66.7 Å². The molecule has 0 aliphatic carbocycles. The van der Waals surface area contributed by atoms with Crippen molar-refractivity contribution in [3.63, 3.8) is 0 Å². The van der Waals surface area contributed by atoms with Gasteiger partial charge in [-0.2, -0.15) is 8.78 Å². The van der Waals surface area contributed by atoms with Crippen molar-refractivity contribution in [3.05, 3.63) is 83.7 Å². The number of carbonyl (C=O) groups is 2. The summed E-state index contributed by atoms with van der Waals surface area (Å²) in [6, 6.07) is 15.7. The Morgan fingerprint density at radius 3 is 2.38 bits per heavy atom. The number of methoxy groups -OCH3 is 1. The van der Waals surface area contributed by atoms with E-state index in [1.165, 1.54) is 55.6 Å². The summed E-state index contributed by atoms with van der Waals surface area (Å²) in [5.41, 5.74) is 1.02. The van der Waals surface area contributed by atoms with E-state index in [4.69, 9.17) is 9.47 Å². The van der Waals surface area contributed by atoms with Crippen molar-refractivity contribution in [2.24, 2.45) is 0 Å². The van der Waals surface area contributed by atoms with E-state index in [2.05, 4.69) is 15.4 Å². The van der Waals surface area contributed by atoms with Crippen LogP contribution in [0.5, 0.6) is 17.2 Å². The van der Waals surface area contributed by atoms with Crippen molar-refractivity contribution in [1.82, 2.24) is 5.32 Å². The molecule has 0 heterocycles. The van der Waals surface area contributed by atoms with E-state index in [9.17, 15) is 22.8 Å². The SMILES string of the molecule is COc1cc(C(=O)NCc2ccccc2OC(F)F)ccc1OCC(=O)Nc1ccc(F)cc1. The molecule has 0 fully saturated rings. The number of rotatable bonds is 10. The number of benzene rings is 3. The molecule has 0 aromatic heterocycles. The fraction of sp³-hybridized carbons (Fsp3) is 0.167. The Morgan fingerprint density at radius 2 is 1.68 bits per heavy atom. The molecule has 2 amide bonds. The van der Waals surface area contributed by atoms with Crippen LogP contribution in [0.3, 0.4) is 0 Å². The molecule has 3 aromatic rings. The van der Waals surface area contributed by atoms with Crippen molar-refractivity contribution in [1.29, 1.82) is 0 Å². The zero-order chi connectivity index (χ0) is 24.5. The highest BCUT2D eigenvalue weighted by Crippen LogP contribution is 2.28. The van der Waals surface area contributed by atoms with Gasteiger partial charge in [-0.1, -0.05) is 18.2 Å². The molecule has 34 heavy (non-hydrogen) atoms. The number of ether oxygens (including phenoxy) is 3. The zero-order valence-corrected chi connectivity index (χ0v) is 18.0. The van der Waals surface area contributed by atoms with Crippen LogP contribution in [0.2, 0.25) is 0 Å². The third-order valence-electron chi connectivity index (χ3n) is 4.54. The van der Waals surface area contributed by atoms with Crippen LogP contribution in [0, 0.1) is 5.82 Å². The normalized spacial score (nSPS) is 10.5. The Bertz CT molecular complexity index is 1140. The number of alkyl halides is 2. The minimum atomic E-state index is -2.98. The standard InChI is InChI=1S/C24H21F3N2O5/c1-32-21-12-15(23(31)28-13-16-4-2-3-5-19(16)34-24(26)27)6-11-20(21)33-14-22(30)29-18-9-7-17(25)8-10-18/h2-12,24H,13-14H2,1H3,(H,28,31)(H,29,30). The Balaban J connectivity index is 1.59. The topological polar surface area (TPSA) is 85.9 Å². The molecule has 3 rings (SSSR count). The second-order valence-electron chi connectivity index (χ2n) is 6.88. The molecule has 0 aliphatic rings. The second kappa shape index (κ2) is 11.6. The van der Waals surface area contributed by atoms with E-state index in [0.29, 0.717) is 11.3 Å². The third-order valence-corrected chi connectivity index (χ3v) is 4.54. The van der Waals surface area contributed by atoms with Crippen molar-refractivity contribution in [2.75, 3.05) is 19.0 Å². The highest BCUT2D eigenvalue weighted by atomic mass is 19.3. The predicted molar refractivity (Wildman–Crippen MR) is 118 cm³/mol. The van der Waals surface area contributed by atoms with Crippen LogP contribution in [-0.4, -0.2) is 32.1 Å². The largest absolute Gasteiger partial charge is 0.493 e. The second-order valence-corrected chi connectivity index (χ2v) is 6.88. The summed E-state index contributed by atoms with van der Waals surface area (Å²) in [7, 11) is 1.38. The van der Waals surface area contributed by atoms with Gasteiger partial charge in [-0.3, -0.25) is 9.59 Å². The first-order valence-electron chi connectivity index (χ1n) is 10.0. The maximum atomic E-state index is 13.0. The molecule has 0 aliphatic heterocycles. The summed E-state index contributed by atoms with van der Waals surface area (Å²) in [4.78, 5) is 24.6. The molecule has 2 N–H and O–H groups in total. The number of nitrogens with one attached hydrogen (secondary N) is 2. The summed E-state index contributed by atoms with van der Waals surface area (Å²) in [5, 5.41) is 5.19. The van der Waals surface area contributed by atoms with Crippen LogP contribution >= 0.6 is 0 Å². The molecule has 10 heteroatoms. The summed E-state index contributed by atoms with van der Waals surface area (Å²) in [5.74, 6) is -0.967. The van der Waals surface area contributed by atoms with Crippen molar-refractivity contribution >= 4 is 17.5 Å². The Kier molecular flexibility index (Phi) is 8.33. The fourth-order valence-corrected chi connectivity index (χ4v) is 2.94. The van der Waals surface area contributed by atoms with Gasteiger partial charge in [0.25, 0.3) is 11.8 Å². The molecule has 0 bridgehead atoms. The van der Waals surface area contributed by atoms with E-state index in [-0.39, 0.29) is 36.0 Å². The van der Waals surface area contributed by atoms with Crippen molar-refractivity contribution in [2.45, 2.75) is 13.2 Å². The van der Waals surface area contributed by atoms with Gasteiger partial charge >= 0.3 is 6.61 Å². The van der Waals surface area contributed by atoms with Gasteiger partial charge in [-0.25, -0.2) is 4.39 Å². The zero-order valence-electron chi connectivity index (χ0n) is 18.0. The lowest BCUT2D eigenvalue weighted by molar-refractivity contribution is -0.118. The van der Waals surface area contributed by atoms with Gasteiger partial charge in [0.1, 0.15) is 11.6 Å². The molecule has 3 aromatic carbocycles. The summed E-state index contributed by atoms with van der Waals surface area (Å²) in [6.07, 6.45) is 0. The Labute approximate surface area is 193 Å². The molecule has 7 nitrogen and oxygen atoms in total. The molecule has 0 saturated heterocycles. The lowest BCUT2D eigenvalue weighted by Crippen LogP contribution is -2.23. The van der Waals surface area contributed by atoms with Crippen LogP contribution in [0.1, 0.15) is 15.9 Å². The van der Waals surface area contributed by atoms with Gasteiger partial charge < -0.3 is 24.8 Å². The monoisotopic (exact) mass is 474 g/mol. The van der Waals surface area contributed by atoms with Gasteiger partial charge in [-0.15, -0.1) is 0 Å². The first-order chi connectivity index (χ1) is 16.4. The molecule has 0 radical (unpaired) electrons. The average molecular weight is 474 g/mol. The lowest BCUT2D eigenvalue weighted by atomic mass is 10.1. The molecule has 0 unspecified atom stereocenters. The molecule has 0 saturated carbocycles. The van der Waals surface area contributed by atoms with E-state index in [1.807, 2.05) is 0 Å². The number of halogens is 3. The minimum absolute atomic E-state index is 0.0296. The first kappa shape index (κ1) is 24.4. The summed E-state index contributed by atoms with van der Waals surface area (Å²) in [6.45, 7) is -3.36.